The van der Waals surface area contributed by atoms with Crippen molar-refractivity contribution >= 4 is 17.8 Å². The van der Waals surface area contributed by atoms with Crippen LogP contribution in [0.3, 0.4) is 0 Å². The van der Waals surface area contributed by atoms with Crippen LogP contribution in [0.5, 0.6) is 0 Å². The molecule has 128 valence electrons. The monoisotopic (exact) mass is 341 g/mol. The highest BCUT2D eigenvalue weighted by Gasteiger charge is 2.26. The third kappa shape index (κ3) is 3.28. The van der Waals surface area contributed by atoms with Gasteiger partial charge >= 0.3 is 5.97 Å². The summed E-state index contributed by atoms with van der Waals surface area (Å²) in [5, 5.41) is 9.23. The van der Waals surface area contributed by atoms with Crippen molar-refractivity contribution in [2.75, 3.05) is 0 Å². The molecule has 0 atom stereocenters. The molecule has 0 saturated heterocycles. The lowest BCUT2D eigenvalue weighted by molar-refractivity contribution is 0.0694. The molecule has 1 N–H and O–H groups in total. The number of rotatable bonds is 4. The third-order valence-corrected chi connectivity index (χ3v) is 4.22. The quantitative estimate of drug-likeness (QED) is 0.928. The van der Waals surface area contributed by atoms with Gasteiger partial charge in [0, 0.05) is 30.4 Å². The van der Waals surface area contributed by atoms with E-state index in [0.29, 0.717) is 24.1 Å². The Morgan fingerprint density at radius 2 is 2.00 bits per heavy atom. The molecular formula is C19H16FNO4. The number of aromatic nitrogens is 1. The summed E-state index contributed by atoms with van der Waals surface area (Å²) in [6.07, 6.45) is 5.92. The maximum absolute atomic E-state index is 13.6. The van der Waals surface area contributed by atoms with Gasteiger partial charge in [-0.05, 0) is 18.9 Å². The largest absolute Gasteiger partial charge is 0.477 e. The Hall–Kier alpha value is -3.02. The predicted molar refractivity (Wildman–Crippen MR) is 90.4 cm³/mol. The van der Waals surface area contributed by atoms with E-state index in [1.165, 1.54) is 12.3 Å². The topological polar surface area (TPSA) is 76.4 Å². The second kappa shape index (κ2) is 6.84. The number of aromatic carboxylic acids is 1. The number of carboxylic acid groups (broad SMARTS) is 1. The molecule has 25 heavy (non-hydrogen) atoms. The average Bonchev–Trinajstić information content (AvgIpc) is 2.58. The van der Waals surface area contributed by atoms with E-state index in [0.717, 1.165) is 0 Å². The lowest BCUT2D eigenvalue weighted by atomic mass is 9.92. The van der Waals surface area contributed by atoms with Crippen molar-refractivity contribution in [2.45, 2.75) is 25.8 Å². The molecule has 2 aromatic rings. The Kier molecular flexibility index (Phi) is 4.61. The second-order valence-electron chi connectivity index (χ2n) is 5.85. The highest BCUT2D eigenvalue weighted by molar-refractivity contribution is 6.00. The summed E-state index contributed by atoms with van der Waals surface area (Å²) in [7, 11) is 0. The number of ketones is 1. The molecule has 0 amide bonds. The zero-order chi connectivity index (χ0) is 18.0. The normalized spacial score (nSPS) is 13.9. The van der Waals surface area contributed by atoms with E-state index in [4.69, 9.17) is 0 Å². The van der Waals surface area contributed by atoms with Gasteiger partial charge in [-0.15, -0.1) is 0 Å². The summed E-state index contributed by atoms with van der Waals surface area (Å²) in [6, 6.07) is 6.28. The van der Waals surface area contributed by atoms with Crippen molar-refractivity contribution in [2.24, 2.45) is 0 Å². The van der Waals surface area contributed by atoms with Gasteiger partial charge in [-0.25, -0.2) is 9.18 Å². The molecule has 1 aliphatic rings. The van der Waals surface area contributed by atoms with Gasteiger partial charge in [0.1, 0.15) is 11.4 Å². The molecule has 1 aromatic carbocycles. The number of carboxylic acids is 1. The molecule has 1 heterocycles. The van der Waals surface area contributed by atoms with Crippen molar-refractivity contribution in [3.8, 4) is 0 Å². The number of carbonyl (C=O) groups excluding carboxylic acids is 1. The minimum atomic E-state index is -1.36. The Bertz CT molecular complexity index is 943. The summed E-state index contributed by atoms with van der Waals surface area (Å²) < 4.78 is 15.2. The molecule has 6 heteroatoms. The molecule has 0 radical (unpaired) electrons. The fourth-order valence-corrected chi connectivity index (χ4v) is 3.02. The molecule has 0 bridgehead atoms. The van der Waals surface area contributed by atoms with Gasteiger partial charge in [0.2, 0.25) is 5.43 Å². The number of allylic oxidation sites excluding steroid dienone is 1. The number of nitrogens with zero attached hydrogens (tertiary/aromatic N) is 1. The van der Waals surface area contributed by atoms with E-state index in [1.54, 1.807) is 34.9 Å². The first kappa shape index (κ1) is 16.8. The number of Topliss-reactive ketones (excluding diaryl/α,β-unsaturated/α-hetero) is 1. The van der Waals surface area contributed by atoms with Gasteiger partial charge in [-0.2, -0.15) is 0 Å². The average molecular weight is 341 g/mol. The van der Waals surface area contributed by atoms with Crippen LogP contribution in [0.25, 0.3) is 6.08 Å². The highest BCUT2D eigenvalue weighted by atomic mass is 19.1. The van der Waals surface area contributed by atoms with Gasteiger partial charge in [-0.3, -0.25) is 9.59 Å². The Morgan fingerprint density at radius 1 is 1.24 bits per heavy atom. The molecule has 5 nitrogen and oxygen atoms in total. The van der Waals surface area contributed by atoms with Gasteiger partial charge in [0.15, 0.2) is 5.78 Å². The van der Waals surface area contributed by atoms with Crippen molar-refractivity contribution in [1.82, 2.24) is 4.57 Å². The predicted octanol–water partition coefficient (Wildman–Crippen LogP) is 2.92. The standard InChI is InChI=1S/C19H16FNO4/c20-14-7-2-1-5-12(14)6-4-10-21-11-13(19(24)25)18(23)17-15(21)8-3-9-16(17)22/h1-2,4-7,11H,3,8-10H2,(H,24,25). The molecule has 3 rings (SSSR count). The number of hydrogen-bond acceptors (Lipinski definition) is 3. The van der Waals surface area contributed by atoms with Crippen molar-refractivity contribution in [1.29, 1.82) is 0 Å². The van der Waals surface area contributed by atoms with Crippen LogP contribution < -0.4 is 5.43 Å². The van der Waals surface area contributed by atoms with Crippen LogP contribution in [0, 0.1) is 5.82 Å². The molecule has 1 aliphatic carbocycles. The molecule has 0 unspecified atom stereocenters. The maximum atomic E-state index is 13.6. The fraction of sp³-hybridized carbons (Fsp3) is 0.211. The highest BCUT2D eigenvalue weighted by Crippen LogP contribution is 2.20. The van der Waals surface area contributed by atoms with Crippen molar-refractivity contribution in [3.63, 3.8) is 0 Å². The molecule has 0 fully saturated rings. The lowest BCUT2D eigenvalue weighted by Crippen LogP contribution is -2.30. The zero-order valence-corrected chi connectivity index (χ0v) is 13.4. The number of pyridine rings is 1. The van der Waals surface area contributed by atoms with Crippen LogP contribution in [0.4, 0.5) is 4.39 Å². The van der Waals surface area contributed by atoms with Gasteiger partial charge in [0.05, 0.1) is 5.56 Å². The van der Waals surface area contributed by atoms with Gasteiger partial charge in [-0.1, -0.05) is 30.4 Å². The second-order valence-corrected chi connectivity index (χ2v) is 5.85. The fourth-order valence-electron chi connectivity index (χ4n) is 3.02. The van der Waals surface area contributed by atoms with Gasteiger partial charge < -0.3 is 9.67 Å². The maximum Gasteiger partial charge on any atom is 0.341 e. The molecule has 0 spiro atoms. The Balaban J connectivity index is 2.01. The van der Waals surface area contributed by atoms with Crippen LogP contribution in [0.1, 0.15) is 44.8 Å². The van der Waals surface area contributed by atoms with E-state index in [9.17, 15) is 23.9 Å². The van der Waals surface area contributed by atoms with Crippen LogP contribution in [-0.2, 0) is 13.0 Å². The van der Waals surface area contributed by atoms with Crippen molar-refractivity contribution < 1.29 is 19.1 Å². The van der Waals surface area contributed by atoms with Crippen LogP contribution in [0.2, 0.25) is 0 Å². The van der Waals surface area contributed by atoms with Crippen LogP contribution in [-0.4, -0.2) is 21.4 Å². The van der Waals surface area contributed by atoms with E-state index < -0.39 is 17.0 Å². The number of fused-ring (bicyclic) bond motifs is 1. The van der Waals surface area contributed by atoms with E-state index in [2.05, 4.69) is 0 Å². The first-order chi connectivity index (χ1) is 12.0. The number of carbonyl (C=O) groups is 2. The smallest absolute Gasteiger partial charge is 0.341 e. The first-order valence-corrected chi connectivity index (χ1v) is 7.93. The minimum Gasteiger partial charge on any atom is -0.477 e. The zero-order valence-electron chi connectivity index (χ0n) is 13.4. The Morgan fingerprint density at radius 3 is 2.72 bits per heavy atom. The molecule has 0 saturated carbocycles. The van der Waals surface area contributed by atoms with Crippen molar-refractivity contribution in [3.05, 3.63) is 75.0 Å². The number of halogens is 1. The van der Waals surface area contributed by atoms with Crippen LogP contribution >= 0.6 is 0 Å². The number of hydrogen-bond donors (Lipinski definition) is 1. The molecule has 0 aliphatic heterocycles. The first-order valence-electron chi connectivity index (χ1n) is 7.93. The summed E-state index contributed by atoms with van der Waals surface area (Å²) >= 11 is 0. The Labute approximate surface area is 143 Å². The third-order valence-electron chi connectivity index (χ3n) is 4.22. The van der Waals surface area contributed by atoms with E-state index >= 15 is 0 Å². The number of benzene rings is 1. The SMILES string of the molecule is O=C(O)c1cn(CC=Cc2ccccc2F)c2c(c1=O)C(=O)CCC2. The summed E-state index contributed by atoms with van der Waals surface area (Å²) in [4.78, 5) is 35.7. The summed E-state index contributed by atoms with van der Waals surface area (Å²) in [5.41, 5.74) is -0.211. The van der Waals surface area contributed by atoms with E-state index in [-0.39, 0.29) is 30.1 Å². The van der Waals surface area contributed by atoms with E-state index in [1.807, 2.05) is 0 Å². The molecule has 1 aromatic heterocycles. The lowest BCUT2D eigenvalue weighted by Gasteiger charge is -2.20. The summed E-state index contributed by atoms with van der Waals surface area (Å²) in [5.74, 6) is -2.04. The minimum absolute atomic E-state index is 0.0227. The van der Waals surface area contributed by atoms with Crippen LogP contribution in [0.15, 0.2) is 41.3 Å². The van der Waals surface area contributed by atoms with Gasteiger partial charge in [0.25, 0.3) is 0 Å². The molecular weight excluding hydrogens is 325 g/mol. The summed E-state index contributed by atoms with van der Waals surface area (Å²) in [6.45, 7) is 0.241.